The SMILES string of the molecule is CC(C)(C)c1nc(C(=O)Nc2cc(C(=O)O)ccn2)n[nH]1. The fraction of sp³-hybridized carbons (Fsp3) is 0.308. The lowest BCUT2D eigenvalue weighted by Gasteiger charge is -2.12. The second kappa shape index (κ2) is 5.31. The number of amides is 1. The molecule has 3 N–H and O–H groups in total. The molecule has 0 saturated carbocycles. The molecule has 110 valence electrons. The third-order valence-corrected chi connectivity index (χ3v) is 2.65. The quantitative estimate of drug-likeness (QED) is 0.786. The highest BCUT2D eigenvalue weighted by Gasteiger charge is 2.21. The molecule has 0 aliphatic rings. The summed E-state index contributed by atoms with van der Waals surface area (Å²) in [5.41, 5.74) is -0.224. The van der Waals surface area contributed by atoms with Crippen molar-refractivity contribution in [2.45, 2.75) is 26.2 Å². The summed E-state index contributed by atoms with van der Waals surface area (Å²) in [7, 11) is 0. The molecule has 0 radical (unpaired) electrons. The summed E-state index contributed by atoms with van der Waals surface area (Å²) in [6.45, 7) is 5.81. The Kier molecular flexibility index (Phi) is 3.70. The third kappa shape index (κ3) is 3.41. The molecule has 0 atom stereocenters. The predicted octanol–water partition coefficient (Wildman–Crippen LogP) is 1.45. The monoisotopic (exact) mass is 289 g/mol. The van der Waals surface area contributed by atoms with Gasteiger partial charge in [-0.25, -0.2) is 14.8 Å². The number of rotatable bonds is 3. The Morgan fingerprint density at radius 1 is 1.33 bits per heavy atom. The summed E-state index contributed by atoms with van der Waals surface area (Å²) in [4.78, 5) is 30.8. The first-order valence-corrected chi connectivity index (χ1v) is 6.21. The number of carbonyl (C=O) groups is 2. The van der Waals surface area contributed by atoms with Crippen LogP contribution in [0.25, 0.3) is 0 Å². The number of carbonyl (C=O) groups excluding carboxylic acids is 1. The Bertz CT molecular complexity index is 687. The molecule has 8 heteroatoms. The van der Waals surface area contributed by atoms with Gasteiger partial charge < -0.3 is 10.4 Å². The molecule has 2 heterocycles. The van der Waals surface area contributed by atoms with Crippen LogP contribution in [0, 0.1) is 0 Å². The molecule has 0 aliphatic heterocycles. The zero-order valence-electron chi connectivity index (χ0n) is 11.8. The number of hydrogen-bond donors (Lipinski definition) is 3. The molecule has 2 rings (SSSR count). The summed E-state index contributed by atoms with van der Waals surface area (Å²) in [5.74, 6) is -0.970. The molecule has 0 fully saturated rings. The van der Waals surface area contributed by atoms with E-state index in [1.54, 1.807) is 0 Å². The number of anilines is 1. The van der Waals surface area contributed by atoms with Crippen LogP contribution in [0.15, 0.2) is 18.3 Å². The van der Waals surface area contributed by atoms with Crippen LogP contribution >= 0.6 is 0 Å². The van der Waals surface area contributed by atoms with Crippen LogP contribution in [0.3, 0.4) is 0 Å². The number of aromatic carboxylic acids is 1. The largest absolute Gasteiger partial charge is 0.478 e. The van der Waals surface area contributed by atoms with Gasteiger partial charge in [0.2, 0.25) is 5.82 Å². The molecule has 0 spiro atoms. The molecule has 0 bridgehead atoms. The third-order valence-electron chi connectivity index (χ3n) is 2.65. The van der Waals surface area contributed by atoms with Crippen LogP contribution in [-0.4, -0.2) is 37.1 Å². The molecule has 0 saturated heterocycles. The second-order valence-corrected chi connectivity index (χ2v) is 5.45. The van der Waals surface area contributed by atoms with E-state index in [4.69, 9.17) is 5.11 Å². The first kappa shape index (κ1) is 14.6. The topological polar surface area (TPSA) is 121 Å². The zero-order valence-corrected chi connectivity index (χ0v) is 11.8. The summed E-state index contributed by atoms with van der Waals surface area (Å²) < 4.78 is 0. The van der Waals surface area contributed by atoms with Crippen LogP contribution in [0.5, 0.6) is 0 Å². The van der Waals surface area contributed by atoms with Gasteiger partial charge in [0, 0.05) is 11.6 Å². The van der Waals surface area contributed by atoms with Crippen LogP contribution in [-0.2, 0) is 5.41 Å². The van der Waals surface area contributed by atoms with Gasteiger partial charge in [0.15, 0.2) is 0 Å². The van der Waals surface area contributed by atoms with E-state index < -0.39 is 11.9 Å². The van der Waals surface area contributed by atoms with E-state index in [9.17, 15) is 9.59 Å². The Morgan fingerprint density at radius 2 is 2.05 bits per heavy atom. The van der Waals surface area contributed by atoms with Crippen molar-refractivity contribution in [3.8, 4) is 0 Å². The Balaban J connectivity index is 2.16. The molecule has 21 heavy (non-hydrogen) atoms. The molecule has 0 aromatic carbocycles. The first-order chi connectivity index (χ1) is 9.77. The number of aromatic nitrogens is 4. The molecular formula is C13H15N5O3. The minimum Gasteiger partial charge on any atom is -0.478 e. The Hall–Kier alpha value is -2.77. The maximum atomic E-state index is 12.0. The zero-order chi connectivity index (χ0) is 15.6. The van der Waals surface area contributed by atoms with Gasteiger partial charge >= 0.3 is 5.97 Å². The summed E-state index contributed by atoms with van der Waals surface area (Å²) in [5, 5.41) is 17.9. The van der Waals surface area contributed by atoms with Gasteiger partial charge in [-0.3, -0.25) is 9.89 Å². The van der Waals surface area contributed by atoms with Crippen molar-refractivity contribution in [3.63, 3.8) is 0 Å². The second-order valence-electron chi connectivity index (χ2n) is 5.45. The number of carboxylic acid groups (broad SMARTS) is 1. The lowest BCUT2D eigenvalue weighted by atomic mass is 9.96. The van der Waals surface area contributed by atoms with Crippen molar-refractivity contribution in [2.24, 2.45) is 0 Å². The number of pyridine rings is 1. The molecule has 2 aromatic heterocycles. The van der Waals surface area contributed by atoms with Crippen molar-refractivity contribution in [1.82, 2.24) is 20.2 Å². The molecular weight excluding hydrogens is 274 g/mol. The highest BCUT2D eigenvalue weighted by molar-refractivity contribution is 6.01. The minimum absolute atomic E-state index is 0.0255. The minimum atomic E-state index is -1.10. The Labute approximate surface area is 120 Å². The summed E-state index contributed by atoms with van der Waals surface area (Å²) >= 11 is 0. The fourth-order valence-electron chi connectivity index (χ4n) is 1.50. The van der Waals surface area contributed by atoms with Crippen molar-refractivity contribution in [2.75, 3.05) is 5.32 Å². The number of nitrogens with zero attached hydrogens (tertiary/aromatic N) is 3. The van der Waals surface area contributed by atoms with E-state index in [2.05, 4.69) is 25.5 Å². The molecule has 8 nitrogen and oxygen atoms in total. The molecule has 0 aliphatic carbocycles. The standard InChI is InChI=1S/C13H15N5O3/c1-13(2,3)12-16-9(17-18-12)10(19)15-8-6-7(11(20)21)4-5-14-8/h4-6H,1-3H3,(H,20,21)(H,14,15,19)(H,16,17,18). The lowest BCUT2D eigenvalue weighted by Crippen LogP contribution is -2.16. The highest BCUT2D eigenvalue weighted by Crippen LogP contribution is 2.17. The first-order valence-electron chi connectivity index (χ1n) is 6.21. The van der Waals surface area contributed by atoms with Gasteiger partial charge in [-0.05, 0) is 12.1 Å². The van der Waals surface area contributed by atoms with Crippen LogP contribution in [0.4, 0.5) is 5.82 Å². The summed E-state index contributed by atoms with van der Waals surface area (Å²) in [6, 6.07) is 2.60. The van der Waals surface area contributed by atoms with Crippen LogP contribution in [0.2, 0.25) is 0 Å². The normalized spacial score (nSPS) is 11.2. The van der Waals surface area contributed by atoms with Gasteiger partial charge in [-0.15, -0.1) is 5.10 Å². The number of nitrogens with one attached hydrogen (secondary N) is 2. The van der Waals surface area contributed by atoms with Crippen molar-refractivity contribution < 1.29 is 14.7 Å². The number of carboxylic acids is 1. The van der Waals surface area contributed by atoms with Gasteiger partial charge in [0.25, 0.3) is 5.91 Å². The van der Waals surface area contributed by atoms with Gasteiger partial charge in [-0.2, -0.15) is 0 Å². The van der Waals surface area contributed by atoms with Crippen LogP contribution in [0.1, 0.15) is 47.6 Å². The van der Waals surface area contributed by atoms with Crippen molar-refractivity contribution in [3.05, 3.63) is 35.5 Å². The smallest absolute Gasteiger partial charge is 0.335 e. The van der Waals surface area contributed by atoms with Gasteiger partial charge in [0.05, 0.1) is 5.56 Å². The van der Waals surface area contributed by atoms with Crippen molar-refractivity contribution >= 4 is 17.7 Å². The maximum absolute atomic E-state index is 12.0. The van der Waals surface area contributed by atoms with Crippen LogP contribution < -0.4 is 5.32 Å². The summed E-state index contributed by atoms with van der Waals surface area (Å²) in [6.07, 6.45) is 1.30. The van der Waals surface area contributed by atoms with E-state index >= 15 is 0 Å². The Morgan fingerprint density at radius 3 is 2.62 bits per heavy atom. The van der Waals surface area contributed by atoms with Gasteiger partial charge in [0.1, 0.15) is 11.6 Å². The molecule has 0 unspecified atom stereocenters. The molecule has 2 aromatic rings. The highest BCUT2D eigenvalue weighted by atomic mass is 16.4. The van der Waals surface area contributed by atoms with Gasteiger partial charge in [-0.1, -0.05) is 20.8 Å². The maximum Gasteiger partial charge on any atom is 0.335 e. The average Bonchev–Trinajstić information content (AvgIpc) is 2.88. The fourth-order valence-corrected chi connectivity index (χ4v) is 1.50. The van der Waals surface area contributed by atoms with E-state index in [1.165, 1.54) is 18.3 Å². The van der Waals surface area contributed by atoms with E-state index in [0.29, 0.717) is 5.82 Å². The van der Waals surface area contributed by atoms with E-state index in [-0.39, 0.29) is 22.6 Å². The van der Waals surface area contributed by atoms with E-state index in [1.807, 2.05) is 20.8 Å². The average molecular weight is 289 g/mol. The number of hydrogen-bond acceptors (Lipinski definition) is 5. The van der Waals surface area contributed by atoms with E-state index in [0.717, 1.165) is 0 Å². The predicted molar refractivity (Wildman–Crippen MR) is 74.2 cm³/mol. The van der Waals surface area contributed by atoms with Crippen molar-refractivity contribution in [1.29, 1.82) is 0 Å². The molecule has 1 amide bonds. The number of aromatic amines is 1. The number of H-pyrrole nitrogens is 1. The lowest BCUT2D eigenvalue weighted by molar-refractivity contribution is 0.0696.